The Labute approximate surface area is 188 Å². The Morgan fingerprint density at radius 1 is 1.06 bits per heavy atom. The van der Waals surface area contributed by atoms with Crippen molar-refractivity contribution in [3.63, 3.8) is 0 Å². The zero-order chi connectivity index (χ0) is 23.3. The zero-order valence-corrected chi connectivity index (χ0v) is 18.9. The molecular weight excluding hydrogens is 410 g/mol. The van der Waals surface area contributed by atoms with Gasteiger partial charge in [-0.3, -0.25) is 9.59 Å². The molecule has 2 aromatic rings. The second kappa shape index (κ2) is 10.2. The van der Waals surface area contributed by atoms with E-state index in [0.29, 0.717) is 41.5 Å². The number of aliphatic hydroxyl groups excluding tert-OH is 1. The number of carbonyl (C=O) groups excluding carboxylic acids is 2. The molecule has 1 saturated heterocycles. The van der Waals surface area contributed by atoms with Gasteiger partial charge in [-0.25, -0.2) is 0 Å². The number of rotatable bonds is 9. The first-order valence-corrected chi connectivity index (χ1v) is 10.7. The molecule has 3 rings (SSSR count). The van der Waals surface area contributed by atoms with Crippen molar-refractivity contribution in [3.8, 4) is 17.2 Å². The van der Waals surface area contributed by atoms with Crippen LogP contribution in [0.1, 0.15) is 43.9 Å². The van der Waals surface area contributed by atoms with Crippen LogP contribution >= 0.6 is 0 Å². The summed E-state index contributed by atoms with van der Waals surface area (Å²) in [5.74, 6) is -0.168. The molecule has 0 aliphatic carbocycles. The van der Waals surface area contributed by atoms with Crippen molar-refractivity contribution in [2.24, 2.45) is 0 Å². The summed E-state index contributed by atoms with van der Waals surface area (Å²) in [6, 6.07) is 11.3. The molecule has 1 aliphatic heterocycles. The summed E-state index contributed by atoms with van der Waals surface area (Å²) in [7, 11) is 3.03. The number of unbranched alkanes of at least 4 members (excludes halogenated alkanes) is 1. The third-order valence-electron chi connectivity index (χ3n) is 5.44. The van der Waals surface area contributed by atoms with Gasteiger partial charge >= 0.3 is 0 Å². The molecule has 32 heavy (non-hydrogen) atoms. The van der Waals surface area contributed by atoms with Crippen LogP contribution in [0.3, 0.4) is 0 Å². The van der Waals surface area contributed by atoms with E-state index in [1.807, 2.05) is 13.8 Å². The summed E-state index contributed by atoms with van der Waals surface area (Å²) in [6.07, 6.45) is 1.57. The van der Waals surface area contributed by atoms with E-state index in [1.165, 1.54) is 19.1 Å². The zero-order valence-electron chi connectivity index (χ0n) is 18.9. The summed E-state index contributed by atoms with van der Waals surface area (Å²) in [4.78, 5) is 27.6. The number of nitrogens with zero attached hydrogens (tertiary/aromatic N) is 1. The lowest BCUT2D eigenvalue weighted by atomic mass is 9.94. The smallest absolute Gasteiger partial charge is 0.295 e. The average molecular weight is 440 g/mol. The minimum atomic E-state index is -0.803. The van der Waals surface area contributed by atoms with E-state index in [4.69, 9.17) is 14.2 Å². The van der Waals surface area contributed by atoms with Gasteiger partial charge in [0.25, 0.3) is 11.7 Å². The third-order valence-corrected chi connectivity index (χ3v) is 5.44. The molecule has 1 unspecified atom stereocenters. The minimum absolute atomic E-state index is 0.0197. The highest BCUT2D eigenvalue weighted by Crippen LogP contribution is 2.45. The first kappa shape index (κ1) is 23.2. The van der Waals surface area contributed by atoms with Crippen molar-refractivity contribution >= 4 is 17.4 Å². The summed E-state index contributed by atoms with van der Waals surface area (Å²) >= 11 is 0. The molecule has 1 atom stereocenters. The third kappa shape index (κ3) is 4.28. The number of likely N-dealkylation sites (tertiary alicyclic amines) is 1. The number of methoxy groups -OCH3 is 2. The highest BCUT2D eigenvalue weighted by atomic mass is 16.5. The Hall–Kier alpha value is -3.48. The maximum atomic E-state index is 13.1. The number of amides is 1. The van der Waals surface area contributed by atoms with Crippen LogP contribution < -0.4 is 14.2 Å². The lowest BCUT2D eigenvalue weighted by Crippen LogP contribution is -2.30. The van der Waals surface area contributed by atoms with Gasteiger partial charge in [0, 0.05) is 17.7 Å². The number of Topliss-reactive ketones (excluding diaryl/α,β-unsaturated/α-hetero) is 1. The fraction of sp³-hybridized carbons (Fsp3) is 0.360. The predicted molar refractivity (Wildman–Crippen MR) is 121 cm³/mol. The monoisotopic (exact) mass is 439 g/mol. The summed E-state index contributed by atoms with van der Waals surface area (Å²) in [6.45, 7) is 4.71. The normalized spacial score (nSPS) is 17.5. The number of para-hydroxylation sites is 1. The van der Waals surface area contributed by atoms with Crippen LogP contribution in [0.2, 0.25) is 0 Å². The summed E-state index contributed by atoms with van der Waals surface area (Å²) in [5, 5.41) is 11.2. The van der Waals surface area contributed by atoms with Crippen LogP contribution in [-0.4, -0.2) is 49.1 Å². The van der Waals surface area contributed by atoms with Gasteiger partial charge in [0.1, 0.15) is 11.5 Å². The van der Waals surface area contributed by atoms with Crippen LogP contribution in [0.15, 0.2) is 48.0 Å². The number of aliphatic hydroxyl groups is 1. The van der Waals surface area contributed by atoms with Crippen molar-refractivity contribution in [1.82, 2.24) is 4.90 Å². The quantitative estimate of drug-likeness (QED) is 0.356. The Morgan fingerprint density at radius 2 is 1.81 bits per heavy atom. The molecule has 0 bridgehead atoms. The number of carbonyl (C=O) groups is 2. The van der Waals surface area contributed by atoms with Gasteiger partial charge < -0.3 is 24.2 Å². The van der Waals surface area contributed by atoms with E-state index in [1.54, 1.807) is 42.5 Å². The van der Waals surface area contributed by atoms with Crippen molar-refractivity contribution < 1.29 is 28.9 Å². The van der Waals surface area contributed by atoms with Crippen LogP contribution in [-0.2, 0) is 9.59 Å². The first-order chi connectivity index (χ1) is 15.5. The molecule has 0 radical (unpaired) electrons. The molecule has 0 saturated carbocycles. The Morgan fingerprint density at radius 3 is 2.47 bits per heavy atom. The van der Waals surface area contributed by atoms with Gasteiger partial charge in [-0.05, 0) is 31.5 Å². The van der Waals surface area contributed by atoms with Gasteiger partial charge in [-0.15, -0.1) is 0 Å². The molecule has 1 fully saturated rings. The molecule has 0 spiro atoms. The molecule has 1 heterocycles. The van der Waals surface area contributed by atoms with Crippen molar-refractivity contribution in [1.29, 1.82) is 0 Å². The number of hydrogen-bond donors (Lipinski definition) is 1. The SMILES string of the molecule is CCCCN1C(=O)C(=O)/C(=C(/O)c2cccc(OCC)c2)C1c1cccc(OC)c1OC. The standard InChI is InChI=1S/C25H29NO6/c1-5-7-14-26-21(18-12-9-13-19(30-3)24(18)31-4)20(23(28)25(26)29)22(27)16-10-8-11-17(15-16)32-6-2/h8-13,15,21,27H,5-7,14H2,1-4H3/b22-20+. The minimum Gasteiger partial charge on any atom is -0.507 e. The molecule has 7 nitrogen and oxygen atoms in total. The molecule has 2 aromatic carbocycles. The highest BCUT2D eigenvalue weighted by Gasteiger charge is 2.47. The fourth-order valence-electron chi connectivity index (χ4n) is 3.95. The second-order valence-corrected chi connectivity index (χ2v) is 7.39. The number of ether oxygens (including phenoxy) is 3. The maximum Gasteiger partial charge on any atom is 0.295 e. The van der Waals surface area contributed by atoms with E-state index in [2.05, 4.69) is 0 Å². The van der Waals surface area contributed by atoms with Gasteiger partial charge in [-0.2, -0.15) is 0 Å². The lowest BCUT2D eigenvalue weighted by molar-refractivity contribution is -0.139. The van der Waals surface area contributed by atoms with Gasteiger partial charge in [-0.1, -0.05) is 37.6 Å². The van der Waals surface area contributed by atoms with E-state index in [-0.39, 0.29) is 11.3 Å². The number of ketones is 1. The van der Waals surface area contributed by atoms with Gasteiger partial charge in [0.15, 0.2) is 11.5 Å². The first-order valence-electron chi connectivity index (χ1n) is 10.7. The van der Waals surface area contributed by atoms with E-state index in [0.717, 1.165) is 12.8 Å². The molecule has 170 valence electrons. The van der Waals surface area contributed by atoms with Crippen molar-refractivity contribution in [2.45, 2.75) is 32.7 Å². The Bertz CT molecular complexity index is 1030. The number of hydrogen-bond acceptors (Lipinski definition) is 6. The van der Waals surface area contributed by atoms with Crippen molar-refractivity contribution in [2.75, 3.05) is 27.4 Å². The van der Waals surface area contributed by atoms with Crippen LogP contribution in [0.4, 0.5) is 0 Å². The summed E-state index contributed by atoms with van der Waals surface area (Å²) in [5.41, 5.74) is 0.993. The topological polar surface area (TPSA) is 85.3 Å². The Balaban J connectivity index is 2.23. The largest absolute Gasteiger partial charge is 0.507 e. The van der Waals surface area contributed by atoms with Gasteiger partial charge in [0.05, 0.1) is 32.4 Å². The molecular formula is C25H29NO6. The molecule has 0 aromatic heterocycles. The predicted octanol–water partition coefficient (Wildman–Crippen LogP) is 4.32. The number of benzene rings is 2. The second-order valence-electron chi connectivity index (χ2n) is 7.39. The maximum absolute atomic E-state index is 13.1. The van der Waals surface area contributed by atoms with Gasteiger partial charge in [0.2, 0.25) is 0 Å². The van der Waals surface area contributed by atoms with E-state index in [9.17, 15) is 14.7 Å². The summed E-state index contributed by atoms with van der Waals surface area (Å²) < 4.78 is 16.5. The lowest BCUT2D eigenvalue weighted by Gasteiger charge is -2.27. The van der Waals surface area contributed by atoms with E-state index < -0.39 is 17.7 Å². The molecule has 1 aliphatic rings. The average Bonchev–Trinajstić information content (AvgIpc) is 3.06. The fourth-order valence-corrected chi connectivity index (χ4v) is 3.95. The molecule has 1 amide bonds. The van der Waals surface area contributed by atoms with E-state index >= 15 is 0 Å². The Kier molecular flexibility index (Phi) is 7.41. The van der Waals surface area contributed by atoms with Crippen LogP contribution in [0.25, 0.3) is 5.76 Å². The molecule has 1 N–H and O–H groups in total. The highest BCUT2D eigenvalue weighted by molar-refractivity contribution is 6.46. The van der Waals surface area contributed by atoms with Crippen LogP contribution in [0.5, 0.6) is 17.2 Å². The van der Waals surface area contributed by atoms with Crippen LogP contribution in [0, 0.1) is 0 Å². The van der Waals surface area contributed by atoms with Crippen molar-refractivity contribution in [3.05, 3.63) is 59.2 Å². The molecule has 7 heteroatoms.